The first-order valence-corrected chi connectivity index (χ1v) is 8.09. The second-order valence-corrected chi connectivity index (χ2v) is 6.79. The Balaban J connectivity index is 1.71. The van der Waals surface area contributed by atoms with Crippen LogP contribution in [-0.4, -0.2) is 25.0 Å². The third-order valence-electron chi connectivity index (χ3n) is 4.06. The normalized spacial score (nSPS) is 16.6. The van der Waals surface area contributed by atoms with Crippen LogP contribution in [0.2, 0.25) is 0 Å². The minimum Gasteiger partial charge on any atom is -0.468 e. The van der Waals surface area contributed by atoms with E-state index in [1.165, 1.54) is 37.8 Å². The molecule has 1 saturated carbocycles. The highest BCUT2D eigenvalue weighted by Crippen LogP contribution is 2.25. The lowest BCUT2D eigenvalue weighted by atomic mass is 10.1. The van der Waals surface area contributed by atoms with Crippen LogP contribution >= 0.6 is 0 Å². The number of rotatable bonds is 8. The molecule has 114 valence electrons. The fourth-order valence-corrected chi connectivity index (χ4v) is 3.07. The summed E-state index contributed by atoms with van der Waals surface area (Å²) >= 11 is 0. The van der Waals surface area contributed by atoms with Crippen molar-refractivity contribution >= 4 is 0 Å². The third-order valence-corrected chi connectivity index (χ3v) is 4.06. The Labute approximate surface area is 123 Å². The predicted octanol–water partition coefficient (Wildman–Crippen LogP) is 3.65. The maximum atomic E-state index is 5.68. The first-order chi connectivity index (χ1) is 9.63. The molecule has 1 fully saturated rings. The molecule has 0 unspecified atom stereocenters. The molecule has 0 atom stereocenters. The van der Waals surface area contributed by atoms with Crippen LogP contribution in [0.5, 0.6) is 0 Å². The molecule has 3 nitrogen and oxygen atoms in total. The van der Waals surface area contributed by atoms with Gasteiger partial charge in [0.15, 0.2) is 0 Å². The summed E-state index contributed by atoms with van der Waals surface area (Å²) in [5, 5.41) is 3.45. The summed E-state index contributed by atoms with van der Waals surface area (Å²) in [6, 6.07) is 2.19. The van der Waals surface area contributed by atoms with Gasteiger partial charge in [-0.2, -0.15) is 0 Å². The van der Waals surface area contributed by atoms with Gasteiger partial charge < -0.3 is 9.73 Å². The van der Waals surface area contributed by atoms with E-state index >= 15 is 0 Å². The molecule has 2 rings (SSSR count). The Morgan fingerprint density at radius 3 is 2.80 bits per heavy atom. The molecule has 0 bridgehead atoms. The Bertz CT molecular complexity index is 380. The molecule has 0 aromatic carbocycles. The van der Waals surface area contributed by atoms with Crippen LogP contribution in [0.1, 0.15) is 50.9 Å². The molecule has 0 aliphatic heterocycles. The van der Waals surface area contributed by atoms with Gasteiger partial charge in [-0.1, -0.05) is 26.7 Å². The molecule has 1 N–H and O–H groups in total. The van der Waals surface area contributed by atoms with Crippen LogP contribution in [-0.2, 0) is 13.1 Å². The van der Waals surface area contributed by atoms with Gasteiger partial charge >= 0.3 is 0 Å². The molecular weight excluding hydrogens is 248 g/mol. The van der Waals surface area contributed by atoms with E-state index < -0.39 is 0 Å². The van der Waals surface area contributed by atoms with Gasteiger partial charge in [0.2, 0.25) is 0 Å². The predicted molar refractivity (Wildman–Crippen MR) is 83.5 cm³/mol. The lowest BCUT2D eigenvalue weighted by Gasteiger charge is -2.19. The minimum atomic E-state index is 0.693. The quantitative estimate of drug-likeness (QED) is 0.787. The van der Waals surface area contributed by atoms with E-state index in [2.05, 4.69) is 37.2 Å². The second-order valence-electron chi connectivity index (χ2n) is 6.79. The average molecular weight is 278 g/mol. The van der Waals surface area contributed by atoms with Crippen LogP contribution < -0.4 is 5.32 Å². The van der Waals surface area contributed by atoms with E-state index in [0.717, 1.165) is 31.3 Å². The summed E-state index contributed by atoms with van der Waals surface area (Å²) in [7, 11) is 2.21. The van der Waals surface area contributed by atoms with Gasteiger partial charge in [0.25, 0.3) is 0 Å². The van der Waals surface area contributed by atoms with E-state index in [-0.39, 0.29) is 0 Å². The van der Waals surface area contributed by atoms with Crippen LogP contribution in [0.3, 0.4) is 0 Å². The molecule has 0 spiro atoms. The monoisotopic (exact) mass is 278 g/mol. The van der Waals surface area contributed by atoms with Crippen molar-refractivity contribution in [1.29, 1.82) is 0 Å². The zero-order chi connectivity index (χ0) is 14.4. The standard InChI is InChI=1S/C17H30N2O/c1-14(2)9-18-10-16-8-17(20-13-16)12-19(3)11-15-6-4-5-7-15/h8,13-15,18H,4-7,9-12H2,1-3H3. The average Bonchev–Trinajstić information content (AvgIpc) is 3.01. The van der Waals surface area contributed by atoms with E-state index in [1.807, 2.05) is 6.26 Å². The van der Waals surface area contributed by atoms with Crippen molar-refractivity contribution in [3.63, 3.8) is 0 Å². The first-order valence-electron chi connectivity index (χ1n) is 8.09. The molecule has 1 aliphatic rings. The van der Waals surface area contributed by atoms with Crippen molar-refractivity contribution < 1.29 is 4.42 Å². The maximum Gasteiger partial charge on any atom is 0.118 e. The van der Waals surface area contributed by atoms with E-state index in [9.17, 15) is 0 Å². The van der Waals surface area contributed by atoms with Crippen molar-refractivity contribution in [2.24, 2.45) is 11.8 Å². The van der Waals surface area contributed by atoms with Gasteiger partial charge in [-0.05, 0) is 44.3 Å². The third kappa shape index (κ3) is 5.29. The van der Waals surface area contributed by atoms with Crippen molar-refractivity contribution in [2.45, 2.75) is 52.6 Å². The highest BCUT2D eigenvalue weighted by atomic mass is 16.3. The summed E-state index contributed by atoms with van der Waals surface area (Å²) in [5.74, 6) is 2.69. The second kappa shape index (κ2) is 7.84. The highest BCUT2D eigenvalue weighted by Gasteiger charge is 2.17. The zero-order valence-electron chi connectivity index (χ0n) is 13.3. The molecule has 1 heterocycles. The summed E-state index contributed by atoms with van der Waals surface area (Å²) in [4.78, 5) is 2.40. The SMILES string of the molecule is CC(C)CNCc1coc(CN(C)CC2CCCC2)c1. The lowest BCUT2D eigenvalue weighted by molar-refractivity contribution is 0.251. The van der Waals surface area contributed by atoms with Gasteiger partial charge in [0.1, 0.15) is 5.76 Å². The topological polar surface area (TPSA) is 28.4 Å². The van der Waals surface area contributed by atoms with Crippen LogP contribution in [0.25, 0.3) is 0 Å². The van der Waals surface area contributed by atoms with Crippen LogP contribution in [0.4, 0.5) is 0 Å². The van der Waals surface area contributed by atoms with Gasteiger partial charge in [-0.25, -0.2) is 0 Å². The number of hydrogen-bond donors (Lipinski definition) is 1. The number of furan rings is 1. The zero-order valence-corrected chi connectivity index (χ0v) is 13.3. The fourth-order valence-electron chi connectivity index (χ4n) is 3.07. The Morgan fingerprint density at radius 2 is 2.10 bits per heavy atom. The summed E-state index contributed by atoms with van der Waals surface area (Å²) in [5.41, 5.74) is 1.26. The van der Waals surface area contributed by atoms with Crippen LogP contribution in [0.15, 0.2) is 16.7 Å². The Kier molecular flexibility index (Phi) is 6.11. The Morgan fingerprint density at radius 1 is 1.35 bits per heavy atom. The molecular formula is C17H30N2O. The van der Waals surface area contributed by atoms with Gasteiger partial charge in [-0.3, -0.25) is 4.90 Å². The molecule has 1 aromatic heterocycles. The maximum absolute atomic E-state index is 5.68. The lowest BCUT2D eigenvalue weighted by Crippen LogP contribution is -2.23. The highest BCUT2D eigenvalue weighted by molar-refractivity contribution is 5.12. The molecule has 0 radical (unpaired) electrons. The first kappa shape index (κ1) is 15.6. The van der Waals surface area contributed by atoms with Crippen molar-refractivity contribution in [1.82, 2.24) is 10.2 Å². The molecule has 0 saturated heterocycles. The van der Waals surface area contributed by atoms with Gasteiger partial charge in [-0.15, -0.1) is 0 Å². The summed E-state index contributed by atoms with van der Waals surface area (Å²) < 4.78 is 5.68. The molecule has 3 heteroatoms. The fraction of sp³-hybridized carbons (Fsp3) is 0.765. The van der Waals surface area contributed by atoms with Crippen molar-refractivity contribution in [2.75, 3.05) is 20.1 Å². The molecule has 1 aromatic rings. The van der Waals surface area contributed by atoms with Crippen molar-refractivity contribution in [3.8, 4) is 0 Å². The van der Waals surface area contributed by atoms with Crippen LogP contribution in [0, 0.1) is 11.8 Å². The smallest absolute Gasteiger partial charge is 0.118 e. The minimum absolute atomic E-state index is 0.693. The Hall–Kier alpha value is -0.800. The van der Waals surface area contributed by atoms with E-state index in [4.69, 9.17) is 4.42 Å². The summed E-state index contributed by atoms with van der Waals surface area (Å²) in [6.45, 7) is 8.57. The summed E-state index contributed by atoms with van der Waals surface area (Å²) in [6.07, 6.45) is 7.56. The van der Waals surface area contributed by atoms with Crippen molar-refractivity contribution in [3.05, 3.63) is 23.7 Å². The van der Waals surface area contributed by atoms with Gasteiger partial charge in [0.05, 0.1) is 12.8 Å². The molecule has 0 amide bonds. The molecule has 1 aliphatic carbocycles. The number of hydrogen-bond acceptors (Lipinski definition) is 3. The van der Waals surface area contributed by atoms with E-state index in [0.29, 0.717) is 5.92 Å². The number of nitrogens with one attached hydrogen (secondary N) is 1. The van der Waals surface area contributed by atoms with Gasteiger partial charge in [0, 0.05) is 18.7 Å². The largest absolute Gasteiger partial charge is 0.468 e. The molecule has 20 heavy (non-hydrogen) atoms. The number of nitrogens with zero attached hydrogens (tertiary/aromatic N) is 1. The van der Waals surface area contributed by atoms with E-state index in [1.54, 1.807) is 0 Å².